The monoisotopic (exact) mass is 506 g/mol. The standard InChI is InChI=1S/C29H34N2O6/c1-3-12-31-28(33)22-14-19(16-35-2)26-23(27(22)29(31)34)17-36-25(26)10-7-18(24-6-4-5-11-30-24)13-20-8-9-21(15-32)37-20/h4-6,8-9,11,13,22-23,25,27,32H,3,7,10,12,14-17H2,1-2H3/b18-13-/t22-,23+,25-,27-/m1/s1. The van der Waals surface area contributed by atoms with Gasteiger partial charge in [0, 0.05) is 25.8 Å². The van der Waals surface area contributed by atoms with E-state index in [9.17, 15) is 14.7 Å². The smallest absolute Gasteiger partial charge is 0.233 e. The minimum Gasteiger partial charge on any atom is -0.459 e. The maximum atomic E-state index is 13.3. The quantitative estimate of drug-likeness (QED) is 0.386. The molecule has 0 bridgehead atoms. The zero-order valence-corrected chi connectivity index (χ0v) is 21.4. The average Bonchev–Trinajstić information content (AvgIpc) is 3.61. The van der Waals surface area contributed by atoms with E-state index in [1.165, 1.54) is 4.90 Å². The van der Waals surface area contributed by atoms with E-state index in [1.54, 1.807) is 19.4 Å². The Balaban J connectivity index is 1.41. The number of rotatable bonds is 10. The second-order valence-corrected chi connectivity index (χ2v) is 9.97. The minimum atomic E-state index is -0.342. The third-order valence-electron chi connectivity index (χ3n) is 7.69. The van der Waals surface area contributed by atoms with E-state index in [2.05, 4.69) is 4.98 Å². The van der Waals surface area contributed by atoms with Gasteiger partial charge in [-0.2, -0.15) is 0 Å². The van der Waals surface area contributed by atoms with Crippen LogP contribution in [0.5, 0.6) is 0 Å². The molecule has 8 heteroatoms. The van der Waals surface area contributed by atoms with Crippen molar-refractivity contribution in [3.63, 3.8) is 0 Å². The van der Waals surface area contributed by atoms with Crippen LogP contribution in [-0.2, 0) is 25.7 Å². The molecule has 4 heterocycles. The lowest BCUT2D eigenvalue weighted by molar-refractivity contribution is -0.140. The molecule has 5 rings (SSSR count). The number of imide groups is 1. The Bertz CT molecular complexity index is 1200. The average molecular weight is 507 g/mol. The number of furan rings is 1. The van der Waals surface area contributed by atoms with Crippen molar-refractivity contribution in [1.29, 1.82) is 0 Å². The third kappa shape index (κ3) is 4.93. The Morgan fingerprint density at radius 1 is 1.22 bits per heavy atom. The normalized spacial score (nSPS) is 25.7. The van der Waals surface area contributed by atoms with Crippen molar-refractivity contribution in [2.75, 3.05) is 26.9 Å². The largest absolute Gasteiger partial charge is 0.459 e. The van der Waals surface area contributed by atoms with Crippen molar-refractivity contribution in [3.05, 3.63) is 64.9 Å². The van der Waals surface area contributed by atoms with Crippen LogP contribution in [0.4, 0.5) is 0 Å². The second kappa shape index (κ2) is 11.1. The molecule has 2 amide bonds. The number of fused-ring (bicyclic) bond motifs is 3. The summed E-state index contributed by atoms with van der Waals surface area (Å²) in [5.41, 5.74) is 4.08. The molecule has 2 fully saturated rings. The fourth-order valence-electron chi connectivity index (χ4n) is 6.13. The number of ether oxygens (including phenoxy) is 2. The van der Waals surface area contributed by atoms with Crippen LogP contribution in [0, 0.1) is 17.8 Å². The molecule has 2 saturated heterocycles. The lowest BCUT2D eigenvalue weighted by atomic mass is 9.69. The van der Waals surface area contributed by atoms with Crippen LogP contribution in [0.1, 0.15) is 49.8 Å². The van der Waals surface area contributed by atoms with E-state index < -0.39 is 0 Å². The van der Waals surface area contributed by atoms with Crippen LogP contribution < -0.4 is 0 Å². The van der Waals surface area contributed by atoms with Crippen molar-refractivity contribution in [3.8, 4) is 0 Å². The van der Waals surface area contributed by atoms with Gasteiger partial charge < -0.3 is 19.0 Å². The number of hydrogen-bond donors (Lipinski definition) is 1. The zero-order valence-electron chi connectivity index (χ0n) is 21.4. The van der Waals surface area contributed by atoms with Gasteiger partial charge in [0.05, 0.1) is 36.8 Å². The molecule has 0 aromatic carbocycles. The summed E-state index contributed by atoms with van der Waals surface area (Å²) in [6, 6.07) is 9.39. The Morgan fingerprint density at radius 3 is 2.78 bits per heavy atom. The third-order valence-corrected chi connectivity index (χ3v) is 7.69. The molecule has 0 unspecified atom stereocenters. The highest BCUT2D eigenvalue weighted by Crippen LogP contribution is 2.50. The second-order valence-electron chi connectivity index (χ2n) is 9.97. The maximum absolute atomic E-state index is 13.3. The highest BCUT2D eigenvalue weighted by atomic mass is 16.5. The summed E-state index contributed by atoms with van der Waals surface area (Å²) in [7, 11) is 1.66. The van der Waals surface area contributed by atoms with Crippen molar-refractivity contribution in [2.45, 2.75) is 45.3 Å². The van der Waals surface area contributed by atoms with E-state index in [4.69, 9.17) is 13.9 Å². The number of pyridine rings is 1. The van der Waals surface area contributed by atoms with Crippen molar-refractivity contribution in [1.82, 2.24) is 9.88 Å². The van der Waals surface area contributed by atoms with E-state index in [0.717, 1.165) is 28.8 Å². The number of likely N-dealkylation sites (tertiary alicyclic amines) is 1. The number of allylic oxidation sites excluding steroid dienone is 1. The van der Waals surface area contributed by atoms with Gasteiger partial charge in [0.1, 0.15) is 18.1 Å². The first kappa shape index (κ1) is 25.6. The molecular formula is C29H34N2O6. The van der Waals surface area contributed by atoms with Crippen molar-refractivity contribution >= 4 is 23.5 Å². The molecule has 1 aliphatic carbocycles. The SMILES string of the molecule is CCCN1C(=O)[C@@H]2[C@@H](CC(COC)=C3[C@@H](CC/C(=C/c4ccc(CO)o4)c4ccccn4)OC[C@@H]32)C1=O. The fourth-order valence-corrected chi connectivity index (χ4v) is 6.13. The molecule has 196 valence electrons. The number of carbonyl (C=O) groups excluding carboxylic acids is 2. The Kier molecular flexibility index (Phi) is 7.69. The first-order chi connectivity index (χ1) is 18.0. The summed E-state index contributed by atoms with van der Waals surface area (Å²) >= 11 is 0. The van der Waals surface area contributed by atoms with Crippen LogP contribution in [-0.4, -0.2) is 59.8 Å². The molecule has 3 aliphatic rings. The molecule has 4 atom stereocenters. The van der Waals surface area contributed by atoms with Gasteiger partial charge in [-0.1, -0.05) is 13.0 Å². The molecule has 0 saturated carbocycles. The zero-order chi connectivity index (χ0) is 25.9. The van der Waals surface area contributed by atoms with E-state index in [1.807, 2.05) is 37.3 Å². The van der Waals surface area contributed by atoms with Crippen LogP contribution in [0.25, 0.3) is 11.6 Å². The molecule has 2 aromatic rings. The Hall–Kier alpha value is -3.07. The van der Waals surface area contributed by atoms with Crippen LogP contribution >= 0.6 is 0 Å². The van der Waals surface area contributed by atoms with Gasteiger partial charge >= 0.3 is 0 Å². The summed E-state index contributed by atoms with van der Waals surface area (Å²) in [5.74, 6) is 0.315. The Labute approximate surface area is 217 Å². The molecule has 0 spiro atoms. The molecule has 2 aromatic heterocycles. The molecule has 0 radical (unpaired) electrons. The molecular weight excluding hydrogens is 472 g/mol. The van der Waals surface area contributed by atoms with Gasteiger partial charge in [-0.15, -0.1) is 0 Å². The summed E-state index contributed by atoms with van der Waals surface area (Å²) in [6.45, 7) is 3.17. The van der Waals surface area contributed by atoms with E-state index >= 15 is 0 Å². The number of aromatic nitrogens is 1. The predicted molar refractivity (Wildman–Crippen MR) is 137 cm³/mol. The Morgan fingerprint density at radius 2 is 2.08 bits per heavy atom. The van der Waals surface area contributed by atoms with Gasteiger partial charge in [0.25, 0.3) is 0 Å². The van der Waals surface area contributed by atoms with Crippen LogP contribution in [0.2, 0.25) is 0 Å². The minimum absolute atomic E-state index is 0.0472. The first-order valence-electron chi connectivity index (χ1n) is 13.0. The summed E-state index contributed by atoms with van der Waals surface area (Å²) in [4.78, 5) is 32.4. The van der Waals surface area contributed by atoms with E-state index in [-0.39, 0.29) is 42.3 Å². The van der Waals surface area contributed by atoms with Gasteiger partial charge in [-0.05, 0) is 72.7 Å². The van der Waals surface area contributed by atoms with Gasteiger partial charge in [0.15, 0.2) is 0 Å². The van der Waals surface area contributed by atoms with Gasteiger partial charge in [-0.3, -0.25) is 19.5 Å². The van der Waals surface area contributed by atoms with Gasteiger partial charge in [-0.25, -0.2) is 0 Å². The number of nitrogens with zero attached hydrogens (tertiary/aromatic N) is 2. The highest BCUT2D eigenvalue weighted by molar-refractivity contribution is 6.06. The van der Waals surface area contributed by atoms with E-state index in [0.29, 0.717) is 50.5 Å². The first-order valence-corrected chi connectivity index (χ1v) is 13.0. The summed E-state index contributed by atoms with van der Waals surface area (Å²) in [5, 5.41) is 9.37. The molecule has 2 aliphatic heterocycles. The molecule has 37 heavy (non-hydrogen) atoms. The lowest BCUT2D eigenvalue weighted by Crippen LogP contribution is -2.35. The van der Waals surface area contributed by atoms with Crippen molar-refractivity contribution in [2.24, 2.45) is 17.8 Å². The number of aliphatic hydroxyl groups is 1. The number of methoxy groups -OCH3 is 1. The van der Waals surface area contributed by atoms with Gasteiger partial charge in [0.2, 0.25) is 11.8 Å². The number of hydrogen-bond acceptors (Lipinski definition) is 7. The predicted octanol–water partition coefficient (Wildman–Crippen LogP) is 3.86. The number of amides is 2. The van der Waals surface area contributed by atoms with Crippen LogP contribution in [0.15, 0.2) is 52.1 Å². The maximum Gasteiger partial charge on any atom is 0.233 e. The molecule has 8 nitrogen and oxygen atoms in total. The van der Waals surface area contributed by atoms with Crippen LogP contribution in [0.3, 0.4) is 0 Å². The summed E-state index contributed by atoms with van der Waals surface area (Å²) < 4.78 is 17.6. The lowest BCUT2D eigenvalue weighted by Gasteiger charge is -2.31. The number of aliphatic hydroxyl groups excluding tert-OH is 1. The molecule has 1 N–H and O–H groups in total. The topological polar surface area (TPSA) is 102 Å². The summed E-state index contributed by atoms with van der Waals surface area (Å²) in [6.07, 6.45) is 6.24. The number of carbonyl (C=O) groups is 2. The highest BCUT2D eigenvalue weighted by Gasteiger charge is 2.56. The fraction of sp³-hybridized carbons (Fsp3) is 0.483. The van der Waals surface area contributed by atoms with Crippen molar-refractivity contribution < 1.29 is 28.6 Å².